The van der Waals surface area contributed by atoms with Crippen LogP contribution in [0.4, 0.5) is 4.79 Å². The quantitative estimate of drug-likeness (QED) is 0.623. The van der Waals surface area contributed by atoms with E-state index in [4.69, 9.17) is 14.2 Å². The summed E-state index contributed by atoms with van der Waals surface area (Å²) < 4.78 is 42.5. The Morgan fingerprint density at radius 1 is 1.00 bits per heavy atom. The van der Waals surface area contributed by atoms with Gasteiger partial charge in [-0.2, -0.15) is 4.31 Å². The van der Waals surface area contributed by atoms with E-state index in [1.54, 1.807) is 4.90 Å². The number of esters is 1. The molecule has 0 spiro atoms. The highest BCUT2D eigenvalue weighted by atomic mass is 32.2. The van der Waals surface area contributed by atoms with Gasteiger partial charge in [0.2, 0.25) is 10.0 Å². The van der Waals surface area contributed by atoms with E-state index in [2.05, 4.69) is 0 Å². The zero-order valence-corrected chi connectivity index (χ0v) is 17.3. The van der Waals surface area contributed by atoms with E-state index >= 15 is 0 Å². The summed E-state index contributed by atoms with van der Waals surface area (Å²) in [6.45, 7) is 1.94. The Labute approximate surface area is 170 Å². The van der Waals surface area contributed by atoms with Crippen LogP contribution >= 0.6 is 0 Å². The average Bonchev–Trinajstić information content (AvgIpc) is 2.78. The summed E-state index contributed by atoms with van der Waals surface area (Å²) >= 11 is 0. The van der Waals surface area contributed by atoms with E-state index in [-0.39, 0.29) is 30.6 Å². The van der Waals surface area contributed by atoms with Crippen molar-refractivity contribution < 1.29 is 32.2 Å². The Hall–Kier alpha value is -2.37. The van der Waals surface area contributed by atoms with Crippen molar-refractivity contribution in [2.75, 3.05) is 60.2 Å². The second-order valence-corrected chi connectivity index (χ2v) is 8.55. The number of morpholine rings is 1. The molecule has 29 heavy (non-hydrogen) atoms. The first-order valence-corrected chi connectivity index (χ1v) is 10.7. The summed E-state index contributed by atoms with van der Waals surface area (Å²) in [7, 11) is -1.27. The van der Waals surface area contributed by atoms with E-state index in [9.17, 15) is 18.0 Å². The van der Waals surface area contributed by atoms with E-state index in [0.717, 1.165) is 4.31 Å². The maximum Gasteiger partial charge on any atom is 0.326 e. The van der Waals surface area contributed by atoms with Gasteiger partial charge in [-0.3, -0.25) is 4.79 Å². The summed E-state index contributed by atoms with van der Waals surface area (Å²) in [5.74, 6) is -0.184. The Bertz CT molecular complexity index is 838. The molecule has 160 valence electrons. The first-order chi connectivity index (χ1) is 13.9. The standard InChI is InChI=1S/C18H25N3O7S/c1-26-14-3-5-15(6-4-14)29(24,25)21-8-7-20(13-16(21)17(22)27-2)18(23)19-9-11-28-12-10-19/h3-6,16H,7-13H2,1-2H3. The van der Waals surface area contributed by atoms with Gasteiger partial charge in [0.25, 0.3) is 0 Å². The van der Waals surface area contributed by atoms with Crippen molar-refractivity contribution in [2.45, 2.75) is 10.9 Å². The number of urea groups is 1. The number of hydrogen-bond donors (Lipinski definition) is 0. The number of sulfonamides is 1. The van der Waals surface area contributed by atoms with Crippen LogP contribution in [0.3, 0.4) is 0 Å². The molecule has 2 aliphatic heterocycles. The van der Waals surface area contributed by atoms with Crippen molar-refractivity contribution in [3.63, 3.8) is 0 Å². The molecule has 2 aliphatic rings. The molecule has 1 aromatic rings. The SMILES string of the molecule is COC(=O)C1CN(C(=O)N2CCOCC2)CCN1S(=O)(=O)c1ccc(OC)cc1. The Morgan fingerprint density at radius 2 is 1.66 bits per heavy atom. The number of carbonyl (C=O) groups excluding carboxylic acids is 2. The van der Waals surface area contributed by atoms with Crippen molar-refractivity contribution in [2.24, 2.45) is 0 Å². The normalized spacial score (nSPS) is 21.0. The minimum Gasteiger partial charge on any atom is -0.497 e. The molecule has 0 aliphatic carbocycles. The number of nitrogens with zero attached hydrogens (tertiary/aromatic N) is 3. The first kappa shape index (κ1) is 21.3. The van der Waals surface area contributed by atoms with Gasteiger partial charge in [-0.1, -0.05) is 0 Å². The van der Waals surface area contributed by atoms with Crippen molar-refractivity contribution in [1.82, 2.24) is 14.1 Å². The van der Waals surface area contributed by atoms with Gasteiger partial charge in [-0.25, -0.2) is 13.2 Å². The molecular weight excluding hydrogens is 402 g/mol. The highest BCUT2D eigenvalue weighted by Gasteiger charge is 2.42. The monoisotopic (exact) mass is 427 g/mol. The lowest BCUT2D eigenvalue weighted by molar-refractivity contribution is -0.146. The van der Waals surface area contributed by atoms with Crippen LogP contribution in [0.2, 0.25) is 0 Å². The number of hydrogen-bond acceptors (Lipinski definition) is 7. The fourth-order valence-corrected chi connectivity index (χ4v) is 4.95. The van der Waals surface area contributed by atoms with Gasteiger partial charge in [0.05, 0.1) is 32.3 Å². The number of piperazine rings is 1. The second kappa shape index (κ2) is 8.97. The molecule has 11 heteroatoms. The average molecular weight is 427 g/mol. The molecule has 2 saturated heterocycles. The highest BCUT2D eigenvalue weighted by Crippen LogP contribution is 2.24. The molecule has 0 bridgehead atoms. The van der Waals surface area contributed by atoms with Gasteiger partial charge in [-0.15, -0.1) is 0 Å². The van der Waals surface area contributed by atoms with E-state index in [1.807, 2.05) is 0 Å². The van der Waals surface area contributed by atoms with Gasteiger partial charge in [-0.05, 0) is 24.3 Å². The maximum absolute atomic E-state index is 13.1. The Morgan fingerprint density at radius 3 is 2.24 bits per heavy atom. The molecule has 2 amide bonds. The number of amides is 2. The molecule has 2 heterocycles. The molecule has 1 unspecified atom stereocenters. The predicted molar refractivity (Wildman–Crippen MR) is 102 cm³/mol. The summed E-state index contributed by atoms with van der Waals surface area (Å²) in [5, 5.41) is 0. The number of rotatable bonds is 4. The van der Waals surface area contributed by atoms with Crippen molar-refractivity contribution in [3.8, 4) is 5.75 Å². The number of carbonyl (C=O) groups is 2. The number of methoxy groups -OCH3 is 2. The van der Waals surface area contributed by atoms with Crippen molar-refractivity contribution in [1.29, 1.82) is 0 Å². The zero-order chi connectivity index (χ0) is 21.0. The zero-order valence-electron chi connectivity index (χ0n) is 16.4. The second-order valence-electron chi connectivity index (χ2n) is 6.66. The van der Waals surface area contributed by atoms with Crippen LogP contribution in [0.1, 0.15) is 0 Å². The molecule has 1 aromatic carbocycles. The van der Waals surface area contributed by atoms with Gasteiger partial charge in [0.1, 0.15) is 11.8 Å². The largest absolute Gasteiger partial charge is 0.497 e. The highest BCUT2D eigenvalue weighted by molar-refractivity contribution is 7.89. The molecular formula is C18H25N3O7S. The third-order valence-corrected chi connectivity index (χ3v) is 6.95. The van der Waals surface area contributed by atoms with Crippen LogP contribution in [0.25, 0.3) is 0 Å². The predicted octanol–water partition coefficient (Wildman–Crippen LogP) is -0.00470. The minimum atomic E-state index is -3.96. The Kier molecular flexibility index (Phi) is 6.60. The fourth-order valence-electron chi connectivity index (χ4n) is 3.39. The van der Waals surface area contributed by atoms with Crippen LogP contribution in [0, 0.1) is 0 Å². The molecule has 0 N–H and O–H groups in total. The smallest absolute Gasteiger partial charge is 0.326 e. The lowest BCUT2D eigenvalue weighted by Gasteiger charge is -2.41. The van der Waals surface area contributed by atoms with E-state index in [1.165, 1.54) is 43.4 Å². The molecule has 2 fully saturated rings. The topological polar surface area (TPSA) is 106 Å². The lowest BCUT2D eigenvalue weighted by atomic mass is 10.2. The number of benzene rings is 1. The summed E-state index contributed by atoms with van der Waals surface area (Å²) in [6, 6.07) is 4.58. The molecule has 0 saturated carbocycles. The maximum atomic E-state index is 13.1. The minimum absolute atomic E-state index is 0.00971. The van der Waals surface area contributed by atoms with Crippen LogP contribution < -0.4 is 4.74 Å². The van der Waals surface area contributed by atoms with Crippen LogP contribution in [0.15, 0.2) is 29.2 Å². The van der Waals surface area contributed by atoms with Crippen molar-refractivity contribution >= 4 is 22.0 Å². The van der Waals surface area contributed by atoms with Gasteiger partial charge in [0, 0.05) is 32.7 Å². The molecule has 3 rings (SSSR count). The fraction of sp³-hybridized carbons (Fsp3) is 0.556. The molecule has 1 atom stereocenters. The van der Waals surface area contributed by atoms with Gasteiger partial charge < -0.3 is 24.0 Å². The van der Waals surface area contributed by atoms with Crippen LogP contribution in [0.5, 0.6) is 5.75 Å². The summed E-state index contributed by atoms with van der Waals surface area (Å²) in [4.78, 5) is 28.3. The van der Waals surface area contributed by atoms with E-state index < -0.39 is 22.0 Å². The third-order valence-electron chi connectivity index (χ3n) is 5.02. The Balaban J connectivity index is 1.81. The van der Waals surface area contributed by atoms with Crippen molar-refractivity contribution in [3.05, 3.63) is 24.3 Å². The van der Waals surface area contributed by atoms with E-state index in [0.29, 0.717) is 32.1 Å². The van der Waals surface area contributed by atoms with Crippen LogP contribution in [-0.4, -0.2) is 101 Å². The van der Waals surface area contributed by atoms with Gasteiger partial charge >= 0.3 is 12.0 Å². The lowest BCUT2D eigenvalue weighted by Crippen LogP contribution is -2.61. The molecule has 0 aromatic heterocycles. The van der Waals surface area contributed by atoms with Gasteiger partial charge in [0.15, 0.2) is 0 Å². The first-order valence-electron chi connectivity index (χ1n) is 9.24. The molecule has 0 radical (unpaired) electrons. The third kappa shape index (κ3) is 4.46. The number of ether oxygens (including phenoxy) is 3. The summed E-state index contributed by atoms with van der Waals surface area (Å²) in [5.41, 5.74) is 0. The van der Waals surface area contributed by atoms with Crippen LogP contribution in [-0.2, 0) is 24.3 Å². The molecule has 10 nitrogen and oxygen atoms in total. The summed E-state index contributed by atoms with van der Waals surface area (Å²) in [6.07, 6.45) is 0.